The van der Waals surface area contributed by atoms with Crippen molar-refractivity contribution in [1.82, 2.24) is 4.90 Å². The SMILES string of the molecule is CC1=C2[C@H]3OC(=O)C(CN4CCN(c5ccccc5)CC4)[C@@H]3CC[C@@]2(C)C=CC1=O. The first-order chi connectivity index (χ1) is 14.5. The van der Waals surface area contributed by atoms with Gasteiger partial charge in [-0.2, -0.15) is 0 Å². The number of hydrogen-bond donors (Lipinski definition) is 0. The molecule has 0 bridgehead atoms. The largest absolute Gasteiger partial charge is 0.457 e. The molecule has 30 heavy (non-hydrogen) atoms. The summed E-state index contributed by atoms with van der Waals surface area (Å²) in [5.74, 6) is 0.0628. The lowest BCUT2D eigenvalue weighted by atomic mass is 9.61. The molecule has 5 rings (SSSR count). The topological polar surface area (TPSA) is 49.9 Å². The quantitative estimate of drug-likeness (QED) is 0.722. The van der Waals surface area contributed by atoms with Crippen LogP contribution in [0.2, 0.25) is 0 Å². The van der Waals surface area contributed by atoms with E-state index in [1.165, 1.54) is 5.69 Å². The second-order valence-corrected chi connectivity index (χ2v) is 9.44. The summed E-state index contributed by atoms with van der Waals surface area (Å²) in [4.78, 5) is 30.0. The number of anilines is 1. The molecule has 4 aliphatic rings. The first kappa shape index (κ1) is 19.6. The highest BCUT2D eigenvalue weighted by molar-refractivity contribution is 6.05. The molecular weight excluding hydrogens is 376 g/mol. The van der Waals surface area contributed by atoms with Crippen molar-refractivity contribution in [3.8, 4) is 0 Å². The second kappa shape index (κ2) is 7.38. The van der Waals surface area contributed by atoms with Crippen LogP contribution in [-0.4, -0.2) is 55.5 Å². The van der Waals surface area contributed by atoms with Crippen molar-refractivity contribution in [3.05, 3.63) is 53.6 Å². The third kappa shape index (κ3) is 3.20. The van der Waals surface area contributed by atoms with Gasteiger partial charge in [0.25, 0.3) is 0 Å². The number of rotatable bonds is 3. The van der Waals surface area contributed by atoms with Crippen molar-refractivity contribution in [2.75, 3.05) is 37.6 Å². The monoisotopic (exact) mass is 406 g/mol. The van der Waals surface area contributed by atoms with Gasteiger partial charge >= 0.3 is 5.97 Å². The lowest BCUT2D eigenvalue weighted by Gasteiger charge is -2.43. The van der Waals surface area contributed by atoms with Crippen LogP contribution in [0.15, 0.2) is 53.6 Å². The molecule has 0 radical (unpaired) electrons. The van der Waals surface area contributed by atoms with Crippen LogP contribution < -0.4 is 4.90 Å². The molecule has 5 heteroatoms. The second-order valence-electron chi connectivity index (χ2n) is 9.44. The zero-order chi connectivity index (χ0) is 20.9. The summed E-state index contributed by atoms with van der Waals surface area (Å²) in [5.41, 5.74) is 2.94. The van der Waals surface area contributed by atoms with E-state index in [0.29, 0.717) is 0 Å². The van der Waals surface area contributed by atoms with Gasteiger partial charge in [-0.3, -0.25) is 14.5 Å². The van der Waals surface area contributed by atoms with Gasteiger partial charge in [-0.25, -0.2) is 0 Å². The van der Waals surface area contributed by atoms with E-state index in [-0.39, 0.29) is 35.1 Å². The van der Waals surface area contributed by atoms with Gasteiger partial charge in [-0.05, 0) is 43.5 Å². The van der Waals surface area contributed by atoms with Crippen molar-refractivity contribution < 1.29 is 14.3 Å². The standard InChI is InChI=1S/C25H30N2O3/c1-17-21(28)9-11-25(2)10-8-19-20(24(29)30-23(19)22(17)25)16-26-12-14-27(15-13-26)18-6-4-3-5-7-18/h3-7,9,11,19-20,23H,8,10,12-16H2,1-2H3/t19-,20?,23-,25-/m0/s1. The maximum atomic E-state index is 12.9. The van der Waals surface area contributed by atoms with Gasteiger partial charge in [0.1, 0.15) is 6.10 Å². The number of nitrogens with zero attached hydrogens (tertiary/aromatic N) is 2. The maximum absolute atomic E-state index is 12.9. The molecular formula is C25H30N2O3. The molecule has 2 aliphatic carbocycles. The molecule has 0 amide bonds. The number of para-hydroxylation sites is 1. The predicted molar refractivity (Wildman–Crippen MR) is 116 cm³/mol. The van der Waals surface area contributed by atoms with Gasteiger partial charge < -0.3 is 9.64 Å². The molecule has 0 N–H and O–H groups in total. The maximum Gasteiger partial charge on any atom is 0.311 e. The fourth-order valence-electron chi connectivity index (χ4n) is 5.89. The molecule has 1 aromatic rings. The molecule has 3 fully saturated rings. The van der Waals surface area contributed by atoms with Crippen molar-refractivity contribution >= 4 is 17.4 Å². The van der Waals surface area contributed by atoms with Crippen LogP contribution in [0.3, 0.4) is 0 Å². The predicted octanol–water partition coefficient (Wildman–Crippen LogP) is 3.22. The smallest absolute Gasteiger partial charge is 0.311 e. The van der Waals surface area contributed by atoms with Crippen molar-refractivity contribution in [2.24, 2.45) is 17.3 Å². The van der Waals surface area contributed by atoms with E-state index in [1.807, 2.05) is 19.1 Å². The summed E-state index contributed by atoms with van der Waals surface area (Å²) >= 11 is 0. The first-order valence-electron chi connectivity index (χ1n) is 11.1. The zero-order valence-corrected chi connectivity index (χ0v) is 17.8. The summed E-state index contributed by atoms with van der Waals surface area (Å²) < 4.78 is 5.94. The van der Waals surface area contributed by atoms with Crippen molar-refractivity contribution in [2.45, 2.75) is 32.8 Å². The van der Waals surface area contributed by atoms with Crippen LogP contribution in [0, 0.1) is 17.3 Å². The van der Waals surface area contributed by atoms with E-state index in [4.69, 9.17) is 4.74 Å². The molecule has 2 saturated heterocycles. The van der Waals surface area contributed by atoms with Crippen LogP contribution in [-0.2, 0) is 14.3 Å². The molecule has 2 aliphatic heterocycles. The minimum atomic E-state index is -0.235. The fraction of sp³-hybridized carbons (Fsp3) is 0.520. The molecule has 0 spiro atoms. The summed E-state index contributed by atoms with van der Waals surface area (Å²) in [6.07, 6.45) is 5.43. The molecule has 0 aromatic heterocycles. The summed E-state index contributed by atoms with van der Waals surface area (Å²) in [6, 6.07) is 10.5. The van der Waals surface area contributed by atoms with Crippen molar-refractivity contribution in [1.29, 1.82) is 0 Å². The molecule has 2 heterocycles. The molecule has 4 atom stereocenters. The first-order valence-corrected chi connectivity index (χ1v) is 11.1. The lowest BCUT2D eigenvalue weighted by molar-refractivity contribution is -0.144. The Kier molecular flexibility index (Phi) is 4.81. The number of ketones is 1. The molecule has 1 unspecified atom stereocenters. The van der Waals surface area contributed by atoms with Crippen LogP contribution in [0.25, 0.3) is 0 Å². The van der Waals surface area contributed by atoms with Crippen LogP contribution >= 0.6 is 0 Å². The Morgan fingerprint density at radius 1 is 1.10 bits per heavy atom. The Hall–Kier alpha value is -2.40. The van der Waals surface area contributed by atoms with E-state index in [9.17, 15) is 9.59 Å². The van der Waals surface area contributed by atoms with Gasteiger partial charge in [0.15, 0.2) is 5.78 Å². The van der Waals surface area contributed by atoms with Gasteiger partial charge in [0.05, 0.1) is 5.92 Å². The Bertz CT molecular complexity index is 914. The summed E-state index contributed by atoms with van der Waals surface area (Å²) in [7, 11) is 0. The number of benzene rings is 1. The number of ether oxygens (including phenoxy) is 1. The van der Waals surface area contributed by atoms with E-state index in [0.717, 1.165) is 56.7 Å². The molecule has 1 saturated carbocycles. The summed E-state index contributed by atoms with van der Waals surface area (Å²) in [6.45, 7) is 8.69. The minimum absolute atomic E-state index is 0.0552. The Morgan fingerprint density at radius 2 is 1.83 bits per heavy atom. The third-order valence-corrected chi connectivity index (χ3v) is 7.67. The molecule has 158 valence electrons. The van der Waals surface area contributed by atoms with E-state index in [1.54, 1.807) is 6.08 Å². The summed E-state index contributed by atoms with van der Waals surface area (Å²) in [5, 5.41) is 0. The van der Waals surface area contributed by atoms with Gasteiger partial charge in [0, 0.05) is 55.3 Å². The number of carbonyl (C=O) groups excluding carboxylic acids is 2. The van der Waals surface area contributed by atoms with Crippen LogP contribution in [0.5, 0.6) is 0 Å². The average molecular weight is 407 g/mol. The van der Waals surface area contributed by atoms with Gasteiger partial charge in [-0.15, -0.1) is 0 Å². The van der Waals surface area contributed by atoms with E-state index >= 15 is 0 Å². The van der Waals surface area contributed by atoms with Crippen LogP contribution in [0.1, 0.15) is 26.7 Å². The number of carbonyl (C=O) groups is 2. The van der Waals surface area contributed by atoms with E-state index in [2.05, 4.69) is 41.0 Å². The number of allylic oxidation sites excluding steroid dienone is 3. The minimum Gasteiger partial charge on any atom is -0.457 e. The highest BCUT2D eigenvalue weighted by Crippen LogP contribution is 2.53. The Labute approximate surface area is 178 Å². The number of fused-ring (bicyclic) bond motifs is 3. The highest BCUT2D eigenvalue weighted by atomic mass is 16.6. The average Bonchev–Trinajstić information content (AvgIpc) is 3.07. The number of piperazine rings is 1. The third-order valence-electron chi connectivity index (χ3n) is 7.67. The fourth-order valence-corrected chi connectivity index (χ4v) is 5.89. The number of hydrogen-bond acceptors (Lipinski definition) is 5. The number of esters is 1. The Balaban J connectivity index is 1.28. The Morgan fingerprint density at radius 3 is 2.57 bits per heavy atom. The van der Waals surface area contributed by atoms with E-state index < -0.39 is 0 Å². The van der Waals surface area contributed by atoms with Crippen molar-refractivity contribution in [3.63, 3.8) is 0 Å². The highest BCUT2D eigenvalue weighted by Gasteiger charge is 2.54. The van der Waals surface area contributed by atoms with Gasteiger partial charge in [-0.1, -0.05) is 31.2 Å². The zero-order valence-electron chi connectivity index (χ0n) is 17.8. The normalized spacial score (nSPS) is 34.1. The van der Waals surface area contributed by atoms with Gasteiger partial charge in [0.2, 0.25) is 0 Å². The molecule has 5 nitrogen and oxygen atoms in total. The van der Waals surface area contributed by atoms with Crippen LogP contribution in [0.4, 0.5) is 5.69 Å². The molecule has 1 aromatic carbocycles. The lowest BCUT2D eigenvalue weighted by Crippen LogP contribution is -2.49.